The van der Waals surface area contributed by atoms with Gasteiger partial charge < -0.3 is 9.94 Å². The van der Waals surface area contributed by atoms with Crippen LogP contribution in [-0.2, 0) is 22.5 Å². The zero-order chi connectivity index (χ0) is 22.9. The number of ketones is 1. The van der Waals surface area contributed by atoms with E-state index in [1.54, 1.807) is 6.08 Å². The average Bonchev–Trinajstić information content (AvgIpc) is 3.09. The number of nitrogens with zero attached hydrogens (tertiary/aromatic N) is 1. The number of fused-ring (bicyclic) bond motifs is 1. The number of aliphatic hydroxyl groups is 1. The highest BCUT2D eigenvalue weighted by molar-refractivity contribution is 6.23. The lowest BCUT2D eigenvalue weighted by Gasteiger charge is -2.29. The van der Waals surface area contributed by atoms with Crippen LogP contribution in [0, 0.1) is 26.2 Å². The summed E-state index contributed by atoms with van der Waals surface area (Å²) in [5.41, 5.74) is 9.38. The first-order valence-corrected chi connectivity index (χ1v) is 11.5. The second kappa shape index (κ2) is 9.02. The number of rotatable bonds is 7. The molecule has 0 aromatic heterocycles. The summed E-state index contributed by atoms with van der Waals surface area (Å²) in [6.07, 6.45) is 6.38. The van der Waals surface area contributed by atoms with Crippen LogP contribution in [0.25, 0.3) is 0 Å². The van der Waals surface area contributed by atoms with Gasteiger partial charge in [0, 0.05) is 12.8 Å². The Kier molecular flexibility index (Phi) is 6.78. The first-order valence-electron chi connectivity index (χ1n) is 11.5. The first kappa shape index (κ1) is 23.3. The molecule has 2 atom stereocenters. The Morgan fingerprint density at radius 2 is 1.81 bits per heavy atom. The van der Waals surface area contributed by atoms with E-state index < -0.39 is 0 Å². The topological polar surface area (TPSA) is 58.9 Å². The molecule has 1 N–H and O–H groups in total. The van der Waals surface area contributed by atoms with Crippen molar-refractivity contribution in [3.8, 4) is 0 Å². The van der Waals surface area contributed by atoms with Gasteiger partial charge in [-0.05, 0) is 84.7 Å². The van der Waals surface area contributed by atoms with E-state index >= 15 is 0 Å². The summed E-state index contributed by atoms with van der Waals surface area (Å²) < 4.78 is 0. The van der Waals surface area contributed by atoms with Gasteiger partial charge in [-0.1, -0.05) is 45.0 Å². The van der Waals surface area contributed by atoms with Crippen LogP contribution in [0.5, 0.6) is 0 Å². The Balaban J connectivity index is 2.00. The van der Waals surface area contributed by atoms with Crippen molar-refractivity contribution in [3.05, 3.63) is 57.4 Å². The van der Waals surface area contributed by atoms with Gasteiger partial charge in [0.2, 0.25) is 0 Å². The summed E-state index contributed by atoms with van der Waals surface area (Å²) in [6, 6.07) is 0. The molecule has 168 valence electrons. The molecule has 0 fully saturated rings. The van der Waals surface area contributed by atoms with E-state index in [4.69, 9.17) is 4.84 Å². The number of aliphatic hydroxyl groups excluding tert-OH is 1. The zero-order valence-electron chi connectivity index (χ0n) is 20.0. The monoisotopic (exact) mass is 423 g/mol. The molecule has 0 aliphatic heterocycles. The van der Waals surface area contributed by atoms with Gasteiger partial charge in [0.05, 0.1) is 11.3 Å². The van der Waals surface area contributed by atoms with Crippen LogP contribution in [0.4, 0.5) is 0 Å². The highest BCUT2D eigenvalue weighted by atomic mass is 16.6. The minimum absolute atomic E-state index is 0.000863. The van der Waals surface area contributed by atoms with Crippen LogP contribution in [0.3, 0.4) is 0 Å². The van der Waals surface area contributed by atoms with E-state index in [9.17, 15) is 9.90 Å². The van der Waals surface area contributed by atoms with E-state index in [-0.39, 0.29) is 24.1 Å². The Hall–Kier alpha value is -2.36. The van der Waals surface area contributed by atoms with Crippen molar-refractivity contribution in [1.82, 2.24) is 0 Å². The molecule has 2 aliphatic carbocycles. The van der Waals surface area contributed by atoms with Crippen molar-refractivity contribution in [3.63, 3.8) is 0 Å². The Morgan fingerprint density at radius 3 is 2.35 bits per heavy atom. The molecule has 3 rings (SSSR count). The lowest BCUT2D eigenvalue weighted by atomic mass is 9.75. The van der Waals surface area contributed by atoms with Crippen LogP contribution in [0.2, 0.25) is 0 Å². The molecule has 0 bridgehead atoms. The maximum Gasteiger partial charge on any atom is 0.168 e. The van der Waals surface area contributed by atoms with E-state index in [2.05, 4.69) is 46.4 Å². The number of hydrogen-bond donors (Lipinski definition) is 1. The van der Waals surface area contributed by atoms with E-state index in [1.165, 1.54) is 33.4 Å². The average molecular weight is 424 g/mol. The van der Waals surface area contributed by atoms with Gasteiger partial charge in [0.15, 0.2) is 5.78 Å². The van der Waals surface area contributed by atoms with Crippen molar-refractivity contribution in [2.24, 2.45) is 10.6 Å². The van der Waals surface area contributed by atoms with Crippen LogP contribution in [0.15, 0.2) is 29.1 Å². The Bertz CT molecular complexity index is 969. The lowest BCUT2D eigenvalue weighted by Crippen LogP contribution is -2.25. The molecule has 0 heterocycles. The number of oxime groups is 1. The van der Waals surface area contributed by atoms with E-state index in [1.807, 2.05) is 6.92 Å². The molecule has 4 heteroatoms. The summed E-state index contributed by atoms with van der Waals surface area (Å²) >= 11 is 0. The summed E-state index contributed by atoms with van der Waals surface area (Å²) in [5.74, 6) is 0.0900. The summed E-state index contributed by atoms with van der Waals surface area (Å²) in [4.78, 5) is 18.3. The lowest BCUT2D eigenvalue weighted by molar-refractivity contribution is -0.116. The smallest absolute Gasteiger partial charge is 0.168 e. The summed E-state index contributed by atoms with van der Waals surface area (Å²) in [5, 5.41) is 15.0. The summed E-state index contributed by atoms with van der Waals surface area (Å²) in [6.45, 7) is 17.1. The molecule has 0 saturated carbocycles. The molecular weight excluding hydrogens is 386 g/mol. The minimum atomic E-state index is -0.0492. The SMILES string of the molecule is C=CCON=C(CC)C1=C(O)CC(c2c(C)c(C)c3c(c2C)CC(C)(CC)C3)CC1=O. The molecule has 1 aromatic rings. The van der Waals surface area contributed by atoms with Crippen LogP contribution in [0.1, 0.15) is 85.8 Å². The summed E-state index contributed by atoms with van der Waals surface area (Å²) in [7, 11) is 0. The third-order valence-corrected chi connectivity index (χ3v) is 7.54. The third-order valence-electron chi connectivity index (χ3n) is 7.54. The fourth-order valence-electron chi connectivity index (χ4n) is 5.46. The number of carbonyl (C=O) groups is 1. The number of allylic oxidation sites excluding steroid dienone is 2. The number of carbonyl (C=O) groups excluding carboxylic acids is 1. The number of Topliss-reactive ketones (excluding diaryl/α,β-unsaturated/α-hetero) is 1. The van der Waals surface area contributed by atoms with Gasteiger partial charge in [-0.2, -0.15) is 0 Å². The first-order chi connectivity index (χ1) is 14.7. The minimum Gasteiger partial charge on any atom is -0.511 e. The van der Waals surface area contributed by atoms with Gasteiger partial charge in [-0.15, -0.1) is 0 Å². The molecule has 0 spiro atoms. The Morgan fingerprint density at radius 1 is 1.16 bits per heavy atom. The molecule has 2 aliphatic rings. The number of benzene rings is 1. The van der Waals surface area contributed by atoms with Gasteiger partial charge in [0.1, 0.15) is 12.4 Å². The molecule has 0 radical (unpaired) electrons. The van der Waals surface area contributed by atoms with E-state index in [0.29, 0.717) is 36.0 Å². The van der Waals surface area contributed by atoms with Crippen molar-refractivity contribution >= 4 is 11.5 Å². The Labute approximate surface area is 187 Å². The number of hydrogen-bond acceptors (Lipinski definition) is 4. The van der Waals surface area contributed by atoms with Gasteiger partial charge >= 0.3 is 0 Å². The standard InChI is InChI=1S/C27H37NO3/c1-8-11-31-28-22(9-2)26-23(29)12-19(13-24(26)30)25-17(5)16(4)20-14-27(7,10-3)15-21(20)18(25)6/h8,19,29H,1,9-15H2,2-7H3. The second-order valence-corrected chi connectivity index (χ2v) is 9.59. The van der Waals surface area contributed by atoms with Crippen molar-refractivity contribution in [1.29, 1.82) is 0 Å². The van der Waals surface area contributed by atoms with Crippen molar-refractivity contribution in [2.75, 3.05) is 6.61 Å². The second-order valence-electron chi connectivity index (χ2n) is 9.59. The quantitative estimate of drug-likeness (QED) is 0.240. The predicted octanol–water partition coefficient (Wildman–Crippen LogP) is 6.35. The maximum absolute atomic E-state index is 13.1. The fourth-order valence-corrected chi connectivity index (χ4v) is 5.46. The van der Waals surface area contributed by atoms with Gasteiger partial charge in [-0.3, -0.25) is 4.79 Å². The van der Waals surface area contributed by atoms with Crippen LogP contribution in [-0.4, -0.2) is 23.2 Å². The molecule has 1 aromatic carbocycles. The van der Waals surface area contributed by atoms with Gasteiger partial charge in [-0.25, -0.2) is 0 Å². The molecule has 4 nitrogen and oxygen atoms in total. The third kappa shape index (κ3) is 4.22. The van der Waals surface area contributed by atoms with E-state index in [0.717, 1.165) is 19.3 Å². The van der Waals surface area contributed by atoms with Crippen LogP contribution < -0.4 is 0 Å². The van der Waals surface area contributed by atoms with Crippen LogP contribution >= 0.6 is 0 Å². The molecule has 2 unspecified atom stereocenters. The predicted molar refractivity (Wildman–Crippen MR) is 127 cm³/mol. The van der Waals surface area contributed by atoms with Crippen molar-refractivity contribution < 1.29 is 14.7 Å². The highest BCUT2D eigenvalue weighted by Crippen LogP contribution is 2.47. The largest absolute Gasteiger partial charge is 0.511 e. The van der Waals surface area contributed by atoms with Crippen molar-refractivity contribution in [2.45, 2.75) is 86.0 Å². The molecule has 0 saturated heterocycles. The normalized spacial score (nSPS) is 23.9. The fraction of sp³-hybridized carbons (Fsp3) is 0.556. The van der Waals surface area contributed by atoms with Gasteiger partial charge in [0.25, 0.3) is 0 Å². The molecule has 31 heavy (non-hydrogen) atoms. The zero-order valence-corrected chi connectivity index (χ0v) is 20.0. The molecule has 0 amide bonds. The molecular formula is C27H37NO3. The maximum atomic E-state index is 13.1. The highest BCUT2D eigenvalue weighted by Gasteiger charge is 2.38.